The van der Waals surface area contributed by atoms with E-state index in [1.807, 2.05) is 0 Å². The molecule has 86 valence electrons. The highest BCUT2D eigenvalue weighted by Crippen LogP contribution is 2.28. The smallest absolute Gasteiger partial charge is 0.125 e. The Labute approximate surface area is 94.5 Å². The minimum Gasteiger partial charge on any atom is -0.462 e. The van der Waals surface area contributed by atoms with E-state index in [0.29, 0.717) is 0 Å². The van der Waals surface area contributed by atoms with Gasteiger partial charge in [0, 0.05) is 5.41 Å². The molecule has 0 amide bonds. The van der Waals surface area contributed by atoms with Gasteiger partial charge in [0.05, 0.1) is 0 Å². The molecule has 0 aromatic carbocycles. The Balaban J connectivity index is 4.68. The molecule has 0 radical (unpaired) electrons. The Morgan fingerprint density at radius 2 is 1.87 bits per heavy atom. The second-order valence-electron chi connectivity index (χ2n) is 4.87. The SMILES string of the molecule is C=C/C(OC(=C)C(C)(C)C)=C(/C)CCC. The van der Waals surface area contributed by atoms with E-state index in [2.05, 4.69) is 47.8 Å². The fourth-order valence-electron chi connectivity index (χ4n) is 1.09. The van der Waals surface area contributed by atoms with Gasteiger partial charge in [0.1, 0.15) is 11.5 Å². The molecule has 0 heterocycles. The number of hydrogen-bond donors (Lipinski definition) is 0. The van der Waals surface area contributed by atoms with Crippen molar-refractivity contribution in [2.45, 2.75) is 47.5 Å². The molecule has 0 aliphatic rings. The van der Waals surface area contributed by atoms with Crippen molar-refractivity contribution < 1.29 is 4.74 Å². The Morgan fingerprint density at radius 1 is 1.33 bits per heavy atom. The van der Waals surface area contributed by atoms with Gasteiger partial charge in [-0.05, 0) is 25.0 Å². The average molecular weight is 208 g/mol. The molecular weight excluding hydrogens is 184 g/mol. The molecule has 0 spiro atoms. The number of ether oxygens (including phenoxy) is 1. The molecule has 0 aromatic rings. The molecule has 0 rings (SSSR count). The lowest BCUT2D eigenvalue weighted by Crippen LogP contribution is -2.11. The number of allylic oxidation sites excluding steroid dienone is 3. The van der Waals surface area contributed by atoms with Crippen LogP contribution in [0.2, 0.25) is 0 Å². The minimum atomic E-state index is -0.0270. The van der Waals surface area contributed by atoms with Crippen LogP contribution < -0.4 is 0 Å². The molecule has 0 aliphatic carbocycles. The summed E-state index contributed by atoms with van der Waals surface area (Å²) in [4.78, 5) is 0. The molecule has 0 bridgehead atoms. The van der Waals surface area contributed by atoms with Crippen molar-refractivity contribution in [3.05, 3.63) is 36.3 Å². The van der Waals surface area contributed by atoms with Gasteiger partial charge in [-0.2, -0.15) is 0 Å². The van der Waals surface area contributed by atoms with Gasteiger partial charge >= 0.3 is 0 Å². The summed E-state index contributed by atoms with van der Waals surface area (Å²) < 4.78 is 5.75. The molecule has 0 atom stereocenters. The van der Waals surface area contributed by atoms with Gasteiger partial charge < -0.3 is 4.74 Å². The Kier molecular flexibility index (Phi) is 5.41. The molecule has 0 N–H and O–H groups in total. The van der Waals surface area contributed by atoms with Crippen LogP contribution in [0.15, 0.2) is 36.3 Å². The van der Waals surface area contributed by atoms with E-state index in [4.69, 9.17) is 4.74 Å². The van der Waals surface area contributed by atoms with Crippen molar-refractivity contribution in [1.29, 1.82) is 0 Å². The van der Waals surface area contributed by atoms with Crippen LogP contribution in [0.3, 0.4) is 0 Å². The van der Waals surface area contributed by atoms with Crippen LogP contribution in [-0.2, 0) is 4.74 Å². The van der Waals surface area contributed by atoms with E-state index in [0.717, 1.165) is 24.4 Å². The molecule has 0 fully saturated rings. The predicted molar refractivity (Wildman–Crippen MR) is 67.5 cm³/mol. The molecule has 15 heavy (non-hydrogen) atoms. The normalized spacial score (nSPS) is 13.1. The van der Waals surface area contributed by atoms with Crippen LogP contribution in [0, 0.1) is 5.41 Å². The lowest BCUT2D eigenvalue weighted by molar-refractivity contribution is 0.226. The predicted octanol–water partition coefficient (Wildman–Crippen LogP) is 4.82. The summed E-state index contributed by atoms with van der Waals surface area (Å²) in [6, 6.07) is 0. The molecule has 0 aliphatic heterocycles. The Hall–Kier alpha value is -0.980. The first-order chi connectivity index (χ1) is 6.82. The number of rotatable bonds is 5. The summed E-state index contributed by atoms with van der Waals surface area (Å²) in [6.45, 7) is 18.2. The van der Waals surface area contributed by atoms with E-state index in [1.54, 1.807) is 6.08 Å². The summed E-state index contributed by atoms with van der Waals surface area (Å²) in [5, 5.41) is 0. The highest BCUT2D eigenvalue weighted by atomic mass is 16.5. The van der Waals surface area contributed by atoms with Crippen LogP contribution in [-0.4, -0.2) is 0 Å². The molecule has 0 saturated heterocycles. The summed E-state index contributed by atoms with van der Waals surface area (Å²) in [7, 11) is 0. The van der Waals surface area contributed by atoms with E-state index < -0.39 is 0 Å². The minimum absolute atomic E-state index is 0.0270. The van der Waals surface area contributed by atoms with E-state index in [1.165, 1.54) is 5.57 Å². The van der Waals surface area contributed by atoms with Crippen LogP contribution in [0.25, 0.3) is 0 Å². The van der Waals surface area contributed by atoms with Crippen molar-refractivity contribution in [1.82, 2.24) is 0 Å². The van der Waals surface area contributed by atoms with Gasteiger partial charge in [-0.3, -0.25) is 0 Å². The second kappa shape index (κ2) is 5.79. The maximum atomic E-state index is 5.75. The first-order valence-electron chi connectivity index (χ1n) is 5.52. The van der Waals surface area contributed by atoms with Crippen molar-refractivity contribution in [3.63, 3.8) is 0 Å². The maximum absolute atomic E-state index is 5.75. The third-order valence-corrected chi connectivity index (χ3v) is 2.30. The van der Waals surface area contributed by atoms with Crippen molar-refractivity contribution in [2.24, 2.45) is 5.41 Å². The summed E-state index contributed by atoms with van der Waals surface area (Å²) in [5.41, 5.74) is 1.21. The van der Waals surface area contributed by atoms with Crippen LogP contribution >= 0.6 is 0 Å². The lowest BCUT2D eigenvalue weighted by Gasteiger charge is -2.23. The largest absolute Gasteiger partial charge is 0.462 e. The monoisotopic (exact) mass is 208 g/mol. The fourth-order valence-corrected chi connectivity index (χ4v) is 1.09. The molecule has 0 saturated carbocycles. The third kappa shape index (κ3) is 4.87. The second-order valence-corrected chi connectivity index (χ2v) is 4.87. The zero-order chi connectivity index (χ0) is 12.1. The summed E-state index contributed by atoms with van der Waals surface area (Å²) in [5.74, 6) is 1.64. The Morgan fingerprint density at radius 3 is 2.20 bits per heavy atom. The van der Waals surface area contributed by atoms with E-state index >= 15 is 0 Å². The molecule has 1 heteroatoms. The first-order valence-corrected chi connectivity index (χ1v) is 5.52. The average Bonchev–Trinajstić information content (AvgIpc) is 2.12. The first kappa shape index (κ1) is 14.0. The highest BCUT2D eigenvalue weighted by Gasteiger charge is 2.17. The fraction of sp³-hybridized carbons (Fsp3) is 0.571. The number of hydrogen-bond acceptors (Lipinski definition) is 1. The molecule has 0 aromatic heterocycles. The van der Waals surface area contributed by atoms with E-state index in [9.17, 15) is 0 Å². The topological polar surface area (TPSA) is 9.23 Å². The molecule has 1 nitrogen and oxygen atoms in total. The highest BCUT2D eigenvalue weighted by molar-refractivity contribution is 5.19. The van der Waals surface area contributed by atoms with E-state index in [-0.39, 0.29) is 5.41 Å². The van der Waals surface area contributed by atoms with Gasteiger partial charge in [0.25, 0.3) is 0 Å². The van der Waals surface area contributed by atoms with Crippen molar-refractivity contribution >= 4 is 0 Å². The van der Waals surface area contributed by atoms with Gasteiger partial charge in [0.15, 0.2) is 0 Å². The summed E-state index contributed by atoms with van der Waals surface area (Å²) in [6.07, 6.45) is 3.93. The summed E-state index contributed by atoms with van der Waals surface area (Å²) >= 11 is 0. The standard InChI is InChI=1S/C14H24O/c1-8-10-11(3)13(9-2)15-12(4)14(5,6)7/h9H,2,4,8,10H2,1,3,5-7H3/b13-11+. The van der Waals surface area contributed by atoms with Crippen LogP contribution in [0.4, 0.5) is 0 Å². The van der Waals surface area contributed by atoms with Crippen molar-refractivity contribution in [2.75, 3.05) is 0 Å². The molecular formula is C14H24O. The van der Waals surface area contributed by atoms with Crippen LogP contribution in [0.5, 0.6) is 0 Å². The Bertz CT molecular complexity index is 264. The van der Waals surface area contributed by atoms with Crippen molar-refractivity contribution in [3.8, 4) is 0 Å². The third-order valence-electron chi connectivity index (χ3n) is 2.30. The van der Waals surface area contributed by atoms with Crippen LogP contribution in [0.1, 0.15) is 47.5 Å². The quantitative estimate of drug-likeness (QED) is 0.465. The zero-order valence-corrected chi connectivity index (χ0v) is 10.8. The van der Waals surface area contributed by atoms with Gasteiger partial charge in [0.2, 0.25) is 0 Å². The lowest BCUT2D eigenvalue weighted by atomic mass is 9.95. The molecule has 0 unspecified atom stereocenters. The van der Waals surface area contributed by atoms with Gasteiger partial charge in [-0.1, -0.05) is 47.3 Å². The van der Waals surface area contributed by atoms with Gasteiger partial charge in [-0.25, -0.2) is 0 Å². The van der Waals surface area contributed by atoms with Gasteiger partial charge in [-0.15, -0.1) is 0 Å². The maximum Gasteiger partial charge on any atom is 0.125 e. The zero-order valence-electron chi connectivity index (χ0n) is 10.8.